The van der Waals surface area contributed by atoms with Gasteiger partial charge in [0.2, 0.25) is 5.91 Å². The van der Waals surface area contributed by atoms with E-state index in [0.717, 1.165) is 23.4 Å². The molecule has 24 heavy (non-hydrogen) atoms. The molecule has 0 spiro atoms. The van der Waals surface area contributed by atoms with E-state index in [1.807, 2.05) is 0 Å². The second-order valence-corrected chi connectivity index (χ2v) is 6.52. The number of fused-ring (bicyclic) bond motifs is 1. The summed E-state index contributed by atoms with van der Waals surface area (Å²) in [6.45, 7) is 0.449. The second kappa shape index (κ2) is 7.47. The summed E-state index contributed by atoms with van der Waals surface area (Å²) in [7, 11) is 0. The first-order chi connectivity index (χ1) is 11.6. The molecule has 0 aliphatic heterocycles. The highest BCUT2D eigenvalue weighted by molar-refractivity contribution is 5.81. The van der Waals surface area contributed by atoms with E-state index in [0.29, 0.717) is 17.3 Å². The molecule has 3 rings (SSSR count). The summed E-state index contributed by atoms with van der Waals surface area (Å²) in [6.07, 6.45) is 7.38. The van der Waals surface area contributed by atoms with Crippen LogP contribution in [0.2, 0.25) is 0 Å². The van der Waals surface area contributed by atoms with Crippen molar-refractivity contribution in [3.8, 4) is 0 Å². The van der Waals surface area contributed by atoms with Crippen LogP contribution in [0.1, 0.15) is 38.5 Å². The maximum atomic E-state index is 12.3. The number of amides is 1. The number of nitrogens with zero attached hydrogens (tertiary/aromatic N) is 1. The number of hydrogen-bond donors (Lipinski definition) is 2. The SMILES string of the molecule is O=C(Cn1[nH]c(=O)c2ccccc2c1=O)NCCCC1CCCC1. The molecule has 6 nitrogen and oxygen atoms in total. The van der Waals surface area contributed by atoms with E-state index in [4.69, 9.17) is 0 Å². The van der Waals surface area contributed by atoms with Crippen LogP contribution in [0.5, 0.6) is 0 Å². The summed E-state index contributed by atoms with van der Waals surface area (Å²) in [6, 6.07) is 6.61. The minimum absolute atomic E-state index is 0.164. The van der Waals surface area contributed by atoms with Gasteiger partial charge in [-0.3, -0.25) is 19.5 Å². The van der Waals surface area contributed by atoms with Crippen molar-refractivity contribution in [2.75, 3.05) is 6.54 Å². The van der Waals surface area contributed by atoms with Gasteiger partial charge in [-0.25, -0.2) is 4.68 Å². The summed E-state index contributed by atoms with van der Waals surface area (Å²) in [5.74, 6) is 0.552. The molecule has 1 fully saturated rings. The lowest BCUT2D eigenvalue weighted by Gasteiger charge is -2.10. The highest BCUT2D eigenvalue weighted by atomic mass is 16.2. The van der Waals surface area contributed by atoms with Crippen LogP contribution in [0, 0.1) is 5.92 Å². The van der Waals surface area contributed by atoms with Crippen molar-refractivity contribution >= 4 is 16.7 Å². The zero-order valence-electron chi connectivity index (χ0n) is 13.7. The second-order valence-electron chi connectivity index (χ2n) is 6.52. The van der Waals surface area contributed by atoms with Crippen LogP contribution in [0.3, 0.4) is 0 Å². The standard InChI is InChI=1S/C18H23N3O3/c22-16(19-11-5-8-13-6-1-2-7-13)12-21-18(24)15-10-4-3-9-14(15)17(23)20-21/h3-4,9-10,13H,1-2,5-8,11-12H2,(H,19,22)(H,20,23). The van der Waals surface area contributed by atoms with E-state index in [1.165, 1.54) is 25.7 Å². The van der Waals surface area contributed by atoms with Gasteiger partial charge in [0.15, 0.2) is 0 Å². The van der Waals surface area contributed by atoms with Gasteiger partial charge in [-0.05, 0) is 30.9 Å². The molecule has 1 aliphatic rings. The molecule has 0 bridgehead atoms. The Kier molecular flexibility index (Phi) is 5.13. The van der Waals surface area contributed by atoms with Crippen molar-refractivity contribution in [2.24, 2.45) is 5.92 Å². The minimum Gasteiger partial charge on any atom is -0.354 e. The maximum absolute atomic E-state index is 12.3. The van der Waals surface area contributed by atoms with Gasteiger partial charge in [-0.15, -0.1) is 0 Å². The highest BCUT2D eigenvalue weighted by Crippen LogP contribution is 2.28. The third-order valence-corrected chi connectivity index (χ3v) is 4.77. The Morgan fingerprint density at radius 2 is 1.88 bits per heavy atom. The van der Waals surface area contributed by atoms with Gasteiger partial charge in [0.05, 0.1) is 10.8 Å². The minimum atomic E-state index is -0.362. The molecule has 2 N–H and O–H groups in total. The van der Waals surface area contributed by atoms with Crippen LogP contribution in [-0.4, -0.2) is 22.2 Å². The Balaban J connectivity index is 1.58. The number of aromatic nitrogens is 2. The van der Waals surface area contributed by atoms with Crippen LogP contribution in [0.4, 0.5) is 0 Å². The van der Waals surface area contributed by atoms with Crippen LogP contribution < -0.4 is 16.4 Å². The molecule has 0 unspecified atom stereocenters. The zero-order chi connectivity index (χ0) is 16.9. The lowest BCUT2D eigenvalue weighted by molar-refractivity contribution is -0.121. The van der Waals surface area contributed by atoms with Crippen molar-refractivity contribution in [3.63, 3.8) is 0 Å². The number of benzene rings is 1. The van der Waals surface area contributed by atoms with E-state index in [9.17, 15) is 14.4 Å². The number of H-pyrrole nitrogens is 1. The molecule has 1 heterocycles. The maximum Gasteiger partial charge on any atom is 0.273 e. The molecule has 1 aromatic carbocycles. The molecular weight excluding hydrogens is 306 g/mol. The molecule has 0 radical (unpaired) electrons. The van der Waals surface area contributed by atoms with Crippen molar-refractivity contribution in [3.05, 3.63) is 45.0 Å². The first kappa shape index (κ1) is 16.5. The van der Waals surface area contributed by atoms with Gasteiger partial charge in [0.25, 0.3) is 11.1 Å². The fraction of sp³-hybridized carbons (Fsp3) is 0.500. The monoisotopic (exact) mass is 329 g/mol. The van der Waals surface area contributed by atoms with Crippen molar-refractivity contribution in [1.82, 2.24) is 15.1 Å². The highest BCUT2D eigenvalue weighted by Gasteiger charge is 2.14. The summed E-state index contributed by atoms with van der Waals surface area (Å²) in [5, 5.41) is 5.97. The Bertz CT molecular complexity index is 831. The first-order valence-corrected chi connectivity index (χ1v) is 8.64. The van der Waals surface area contributed by atoms with Gasteiger partial charge in [-0.2, -0.15) is 0 Å². The number of nitrogens with one attached hydrogen (secondary N) is 2. The van der Waals surface area contributed by atoms with Crippen LogP contribution in [-0.2, 0) is 11.3 Å². The van der Waals surface area contributed by atoms with Crippen LogP contribution in [0.25, 0.3) is 10.8 Å². The van der Waals surface area contributed by atoms with E-state index >= 15 is 0 Å². The Morgan fingerprint density at radius 1 is 1.17 bits per heavy atom. The number of carbonyl (C=O) groups is 1. The van der Waals surface area contributed by atoms with E-state index in [-0.39, 0.29) is 23.6 Å². The van der Waals surface area contributed by atoms with Gasteiger partial charge in [0.1, 0.15) is 6.54 Å². The molecule has 2 aromatic rings. The average molecular weight is 329 g/mol. The molecule has 0 atom stereocenters. The van der Waals surface area contributed by atoms with Gasteiger partial charge >= 0.3 is 0 Å². The fourth-order valence-corrected chi connectivity index (χ4v) is 3.48. The van der Waals surface area contributed by atoms with Gasteiger partial charge < -0.3 is 5.32 Å². The van der Waals surface area contributed by atoms with Crippen molar-refractivity contribution < 1.29 is 4.79 Å². The third-order valence-electron chi connectivity index (χ3n) is 4.77. The van der Waals surface area contributed by atoms with Gasteiger partial charge in [-0.1, -0.05) is 37.8 Å². The van der Waals surface area contributed by atoms with E-state index in [2.05, 4.69) is 10.4 Å². The summed E-state index contributed by atoms with van der Waals surface area (Å²) in [4.78, 5) is 36.3. The fourth-order valence-electron chi connectivity index (χ4n) is 3.48. The molecule has 1 saturated carbocycles. The summed E-state index contributed by atoms with van der Waals surface area (Å²) < 4.78 is 1.08. The molecule has 6 heteroatoms. The predicted molar refractivity (Wildman–Crippen MR) is 93.0 cm³/mol. The van der Waals surface area contributed by atoms with Crippen LogP contribution in [0.15, 0.2) is 33.9 Å². The van der Waals surface area contributed by atoms with Crippen LogP contribution >= 0.6 is 0 Å². The van der Waals surface area contributed by atoms with E-state index in [1.54, 1.807) is 24.3 Å². The predicted octanol–water partition coefficient (Wildman–Crippen LogP) is 1.78. The van der Waals surface area contributed by atoms with Crippen molar-refractivity contribution in [1.29, 1.82) is 0 Å². The average Bonchev–Trinajstić information content (AvgIpc) is 3.10. The largest absolute Gasteiger partial charge is 0.354 e. The zero-order valence-corrected chi connectivity index (χ0v) is 13.7. The topological polar surface area (TPSA) is 84.0 Å². The lowest BCUT2D eigenvalue weighted by Crippen LogP contribution is -2.37. The quantitative estimate of drug-likeness (QED) is 0.792. The summed E-state index contributed by atoms with van der Waals surface area (Å²) >= 11 is 0. The van der Waals surface area contributed by atoms with Crippen molar-refractivity contribution in [2.45, 2.75) is 45.1 Å². The summed E-state index contributed by atoms with van der Waals surface area (Å²) in [5.41, 5.74) is -0.717. The smallest absolute Gasteiger partial charge is 0.273 e. The molecule has 1 amide bonds. The Labute approximate surface area is 139 Å². The number of carbonyl (C=O) groups excluding carboxylic acids is 1. The molecule has 1 aromatic heterocycles. The first-order valence-electron chi connectivity index (χ1n) is 8.64. The lowest BCUT2D eigenvalue weighted by atomic mass is 10.0. The molecule has 1 aliphatic carbocycles. The number of hydrogen-bond acceptors (Lipinski definition) is 3. The Morgan fingerprint density at radius 3 is 2.62 bits per heavy atom. The third kappa shape index (κ3) is 3.75. The molecule has 128 valence electrons. The van der Waals surface area contributed by atoms with Gasteiger partial charge in [0, 0.05) is 6.54 Å². The van der Waals surface area contributed by atoms with E-state index < -0.39 is 0 Å². The Hall–Kier alpha value is -2.37. The molecule has 0 saturated heterocycles. The normalized spacial score (nSPS) is 15.0. The number of aromatic amines is 1. The molecular formula is C18H23N3O3. The number of rotatable bonds is 6.